The third kappa shape index (κ3) is 4.55. The van der Waals surface area contributed by atoms with Crippen molar-refractivity contribution >= 4 is 45.6 Å². The normalized spacial score (nSPS) is 14.9. The van der Waals surface area contributed by atoms with Gasteiger partial charge in [-0.15, -0.1) is 10.2 Å². The van der Waals surface area contributed by atoms with E-state index >= 15 is 0 Å². The van der Waals surface area contributed by atoms with Gasteiger partial charge in [0.25, 0.3) is 0 Å². The molecular formula is C16H18N4O2S2. The highest BCUT2D eigenvalue weighted by Gasteiger charge is 2.23. The van der Waals surface area contributed by atoms with E-state index in [2.05, 4.69) is 20.8 Å². The van der Waals surface area contributed by atoms with Gasteiger partial charge in [0.15, 0.2) is 10.1 Å². The van der Waals surface area contributed by atoms with E-state index < -0.39 is 0 Å². The van der Waals surface area contributed by atoms with E-state index in [4.69, 9.17) is 0 Å². The highest BCUT2D eigenvalue weighted by atomic mass is 32.2. The molecule has 1 atom stereocenters. The van der Waals surface area contributed by atoms with Gasteiger partial charge in [-0.2, -0.15) is 0 Å². The molecule has 0 unspecified atom stereocenters. The highest BCUT2D eigenvalue weighted by molar-refractivity contribution is 8.02. The van der Waals surface area contributed by atoms with Crippen molar-refractivity contribution in [3.8, 4) is 0 Å². The Labute approximate surface area is 148 Å². The van der Waals surface area contributed by atoms with Gasteiger partial charge in [0.05, 0.1) is 5.25 Å². The number of Topliss-reactive ketones (excluding diaryl/α,β-unsaturated/α-hetero) is 1. The van der Waals surface area contributed by atoms with Crippen LogP contribution in [0.1, 0.15) is 37.0 Å². The number of ketones is 1. The minimum Gasteiger partial charge on any atom is -0.357 e. The molecule has 1 aromatic carbocycles. The first-order chi connectivity index (χ1) is 11.5. The van der Waals surface area contributed by atoms with Crippen molar-refractivity contribution in [3.05, 3.63) is 29.8 Å². The van der Waals surface area contributed by atoms with E-state index in [1.807, 2.05) is 6.92 Å². The fraction of sp³-hybridized carbons (Fsp3) is 0.375. The number of aromatic nitrogens is 2. The van der Waals surface area contributed by atoms with Gasteiger partial charge in [0, 0.05) is 17.3 Å². The summed E-state index contributed by atoms with van der Waals surface area (Å²) in [5.74, 6) is -0.161. The van der Waals surface area contributed by atoms with E-state index in [1.54, 1.807) is 24.3 Å². The van der Waals surface area contributed by atoms with Crippen molar-refractivity contribution in [2.45, 2.75) is 42.3 Å². The summed E-state index contributed by atoms with van der Waals surface area (Å²) < 4.78 is 0.762. The Morgan fingerprint density at radius 1 is 1.33 bits per heavy atom. The monoisotopic (exact) mass is 362 g/mol. The number of thioether (sulfide) groups is 1. The van der Waals surface area contributed by atoms with Crippen LogP contribution < -0.4 is 10.6 Å². The predicted molar refractivity (Wildman–Crippen MR) is 96.9 cm³/mol. The van der Waals surface area contributed by atoms with Crippen molar-refractivity contribution in [3.63, 3.8) is 0 Å². The van der Waals surface area contributed by atoms with Gasteiger partial charge in [-0.1, -0.05) is 35.2 Å². The first-order valence-corrected chi connectivity index (χ1v) is 9.39. The largest absolute Gasteiger partial charge is 0.357 e. The van der Waals surface area contributed by atoms with Crippen LogP contribution in [-0.2, 0) is 4.79 Å². The highest BCUT2D eigenvalue weighted by Crippen LogP contribution is 2.32. The summed E-state index contributed by atoms with van der Waals surface area (Å²) >= 11 is 2.84. The molecule has 1 saturated carbocycles. The van der Waals surface area contributed by atoms with Crippen molar-refractivity contribution in [1.29, 1.82) is 0 Å². The number of nitrogens with zero attached hydrogens (tertiary/aromatic N) is 2. The van der Waals surface area contributed by atoms with Crippen molar-refractivity contribution in [2.24, 2.45) is 0 Å². The fourth-order valence-corrected chi connectivity index (χ4v) is 3.96. The zero-order chi connectivity index (χ0) is 17.1. The van der Waals surface area contributed by atoms with E-state index in [0.29, 0.717) is 17.3 Å². The molecule has 0 spiro atoms. The summed E-state index contributed by atoms with van der Waals surface area (Å²) in [4.78, 5) is 23.7. The number of rotatable bonds is 7. The molecule has 1 aromatic heterocycles. The van der Waals surface area contributed by atoms with E-state index in [-0.39, 0.29) is 16.9 Å². The van der Waals surface area contributed by atoms with Crippen molar-refractivity contribution < 1.29 is 9.59 Å². The van der Waals surface area contributed by atoms with Crippen molar-refractivity contribution in [1.82, 2.24) is 10.2 Å². The summed E-state index contributed by atoms with van der Waals surface area (Å²) in [6.07, 6.45) is 2.36. The Kier molecular flexibility index (Phi) is 5.15. The molecule has 3 rings (SSSR count). The van der Waals surface area contributed by atoms with Crippen molar-refractivity contribution in [2.75, 3.05) is 10.6 Å². The Morgan fingerprint density at radius 3 is 2.83 bits per heavy atom. The minimum atomic E-state index is -0.312. The van der Waals surface area contributed by atoms with Crippen LogP contribution in [0.4, 0.5) is 10.8 Å². The number of hydrogen-bond acceptors (Lipinski definition) is 7. The topological polar surface area (TPSA) is 84.0 Å². The number of carbonyl (C=O) groups excluding carboxylic acids is 2. The first-order valence-electron chi connectivity index (χ1n) is 7.70. The van der Waals surface area contributed by atoms with Crippen LogP contribution in [0.25, 0.3) is 0 Å². The predicted octanol–water partition coefficient (Wildman–Crippen LogP) is 3.43. The summed E-state index contributed by atoms with van der Waals surface area (Å²) in [5.41, 5.74) is 1.20. The molecule has 6 nitrogen and oxygen atoms in total. The summed E-state index contributed by atoms with van der Waals surface area (Å²) in [6, 6.07) is 7.46. The van der Waals surface area contributed by atoms with Crippen LogP contribution in [0.15, 0.2) is 28.6 Å². The maximum absolute atomic E-state index is 12.3. The number of benzene rings is 1. The molecule has 1 aliphatic rings. The number of anilines is 2. The lowest BCUT2D eigenvalue weighted by Gasteiger charge is -2.10. The smallest absolute Gasteiger partial charge is 0.237 e. The molecule has 126 valence electrons. The fourth-order valence-electron chi connectivity index (χ4n) is 1.98. The Morgan fingerprint density at radius 2 is 2.12 bits per heavy atom. The van der Waals surface area contributed by atoms with Gasteiger partial charge < -0.3 is 10.6 Å². The molecule has 1 fully saturated rings. The van der Waals surface area contributed by atoms with Crippen LogP contribution in [0.5, 0.6) is 0 Å². The second kappa shape index (κ2) is 7.31. The molecule has 1 amide bonds. The van der Waals surface area contributed by atoms with Crippen LogP contribution in [0, 0.1) is 0 Å². The van der Waals surface area contributed by atoms with Gasteiger partial charge in [0.2, 0.25) is 11.0 Å². The quantitative estimate of drug-likeness (QED) is 0.580. The first kappa shape index (κ1) is 16.9. The lowest BCUT2D eigenvalue weighted by Crippen LogP contribution is -2.22. The Bertz CT molecular complexity index is 758. The molecule has 2 aromatic rings. The average molecular weight is 362 g/mol. The van der Waals surface area contributed by atoms with Crippen LogP contribution >= 0.6 is 23.1 Å². The zero-order valence-electron chi connectivity index (χ0n) is 13.4. The Balaban J connectivity index is 1.56. The van der Waals surface area contributed by atoms with E-state index in [9.17, 15) is 9.59 Å². The molecule has 1 aliphatic carbocycles. The van der Waals surface area contributed by atoms with E-state index in [0.717, 1.165) is 9.47 Å². The molecule has 8 heteroatoms. The number of nitrogens with one attached hydrogen (secondary N) is 2. The van der Waals surface area contributed by atoms with Gasteiger partial charge in [-0.3, -0.25) is 9.59 Å². The third-order valence-corrected chi connectivity index (χ3v) is 5.53. The minimum absolute atomic E-state index is 0.0296. The molecule has 24 heavy (non-hydrogen) atoms. The summed E-state index contributed by atoms with van der Waals surface area (Å²) in [6.45, 7) is 3.33. The van der Waals surface area contributed by atoms with Crippen LogP contribution in [0.3, 0.4) is 0 Å². The summed E-state index contributed by atoms with van der Waals surface area (Å²) in [5, 5.41) is 14.8. The molecule has 0 radical (unpaired) electrons. The molecule has 2 N–H and O–H groups in total. The van der Waals surface area contributed by atoms with Gasteiger partial charge in [0.1, 0.15) is 0 Å². The van der Waals surface area contributed by atoms with E-state index in [1.165, 1.54) is 42.9 Å². The standard InChI is InChI=1S/C16H18N4O2S2/c1-9(21)11-4-3-5-13(8-11)17-14(22)10(2)23-16-20-19-15(24-16)18-12-6-7-12/h3-5,8,10,12H,6-7H2,1-2H3,(H,17,22)(H,18,19)/t10-/m1/s1. The lowest BCUT2D eigenvalue weighted by molar-refractivity contribution is -0.115. The maximum atomic E-state index is 12.3. The average Bonchev–Trinajstić information content (AvgIpc) is 3.26. The third-order valence-electron chi connectivity index (χ3n) is 3.49. The second-order valence-corrected chi connectivity index (χ2v) is 8.24. The number of amides is 1. The molecule has 0 aliphatic heterocycles. The molecule has 1 heterocycles. The number of hydrogen-bond donors (Lipinski definition) is 2. The lowest BCUT2D eigenvalue weighted by atomic mass is 10.1. The number of carbonyl (C=O) groups is 2. The van der Waals surface area contributed by atoms with Gasteiger partial charge >= 0.3 is 0 Å². The second-order valence-electron chi connectivity index (χ2n) is 5.68. The summed E-state index contributed by atoms with van der Waals surface area (Å²) in [7, 11) is 0. The molecule has 0 bridgehead atoms. The van der Waals surface area contributed by atoms with Gasteiger partial charge in [-0.25, -0.2) is 0 Å². The van der Waals surface area contributed by atoms with Crippen LogP contribution in [0.2, 0.25) is 0 Å². The molecule has 0 saturated heterocycles. The SMILES string of the molecule is CC(=O)c1cccc(NC(=O)[C@@H](C)Sc2nnc(NC3CC3)s2)c1. The molecular weight excluding hydrogens is 344 g/mol. The maximum Gasteiger partial charge on any atom is 0.237 e. The Hall–Kier alpha value is -1.93. The van der Waals surface area contributed by atoms with Crippen LogP contribution in [-0.4, -0.2) is 33.2 Å². The zero-order valence-corrected chi connectivity index (χ0v) is 15.0. The van der Waals surface area contributed by atoms with Gasteiger partial charge in [-0.05, 0) is 38.8 Å².